The Morgan fingerprint density at radius 2 is 1.27 bits per heavy atom. The van der Waals surface area contributed by atoms with E-state index in [1.807, 2.05) is 24.5 Å². The van der Waals surface area contributed by atoms with E-state index in [2.05, 4.69) is 100 Å². The fraction of sp³-hybridized carbons (Fsp3) is 0. The summed E-state index contributed by atoms with van der Waals surface area (Å²) in [5.41, 5.74) is 8.98. The van der Waals surface area contributed by atoms with Crippen molar-refractivity contribution in [1.29, 1.82) is 0 Å². The maximum atomic E-state index is 5.03. The number of imidazole rings is 1. The lowest BCUT2D eigenvalue weighted by atomic mass is 9.97. The van der Waals surface area contributed by atoms with Crippen LogP contribution in [0.2, 0.25) is 0 Å². The van der Waals surface area contributed by atoms with Crippen LogP contribution in [0.15, 0.2) is 116 Å². The minimum Gasteiger partial charge on any atom is -0.292 e. The predicted octanol–water partition coefficient (Wildman–Crippen LogP) is 7.52. The summed E-state index contributed by atoms with van der Waals surface area (Å²) in [6, 6.07) is 36.4. The van der Waals surface area contributed by atoms with Crippen molar-refractivity contribution in [2.75, 3.05) is 0 Å². The number of para-hydroxylation sites is 2. The summed E-state index contributed by atoms with van der Waals surface area (Å²) in [5.74, 6) is 0. The van der Waals surface area contributed by atoms with E-state index in [9.17, 15) is 0 Å². The molecule has 0 saturated carbocycles. The van der Waals surface area contributed by atoms with Crippen LogP contribution in [0.25, 0.3) is 60.6 Å². The second-order valence-electron chi connectivity index (χ2n) is 8.36. The first-order chi connectivity index (χ1) is 16.4. The molecule has 0 unspecified atom stereocenters. The molecular formula is C30H19N3. The SMILES string of the molecule is c1ccc(-c2ccc3c(c2)c2cc(-c4cccnc4)ccc2c2nc4ccccc4n32)cc1. The first-order valence-corrected chi connectivity index (χ1v) is 11.1. The summed E-state index contributed by atoms with van der Waals surface area (Å²) in [6.45, 7) is 0. The molecule has 3 aromatic heterocycles. The monoisotopic (exact) mass is 421 g/mol. The first-order valence-electron chi connectivity index (χ1n) is 11.1. The van der Waals surface area contributed by atoms with Gasteiger partial charge in [-0.2, -0.15) is 0 Å². The molecule has 7 rings (SSSR count). The Morgan fingerprint density at radius 1 is 0.515 bits per heavy atom. The van der Waals surface area contributed by atoms with Crippen molar-refractivity contribution in [3.63, 3.8) is 0 Å². The second kappa shape index (κ2) is 7.01. The Hall–Kier alpha value is -4.50. The topological polar surface area (TPSA) is 30.2 Å². The molecule has 7 aromatic rings. The van der Waals surface area contributed by atoms with E-state index in [1.165, 1.54) is 21.9 Å². The number of hydrogen-bond donors (Lipinski definition) is 0. The van der Waals surface area contributed by atoms with Crippen LogP contribution in [0.1, 0.15) is 0 Å². The Kier molecular flexibility index (Phi) is 3.84. The van der Waals surface area contributed by atoms with Crippen LogP contribution in [-0.2, 0) is 0 Å². The smallest absolute Gasteiger partial charge is 0.146 e. The zero-order chi connectivity index (χ0) is 21.8. The molecule has 0 bridgehead atoms. The van der Waals surface area contributed by atoms with Crippen molar-refractivity contribution < 1.29 is 0 Å². The molecule has 4 aromatic carbocycles. The van der Waals surface area contributed by atoms with Crippen molar-refractivity contribution in [2.24, 2.45) is 0 Å². The van der Waals surface area contributed by atoms with E-state index < -0.39 is 0 Å². The molecule has 3 nitrogen and oxygen atoms in total. The molecule has 0 atom stereocenters. The molecule has 0 radical (unpaired) electrons. The second-order valence-corrected chi connectivity index (χ2v) is 8.36. The summed E-state index contributed by atoms with van der Waals surface area (Å²) in [7, 11) is 0. The first kappa shape index (κ1) is 18.1. The number of aromatic nitrogens is 3. The minimum atomic E-state index is 0.990. The molecular weight excluding hydrogens is 402 g/mol. The van der Waals surface area contributed by atoms with Crippen LogP contribution in [0.5, 0.6) is 0 Å². The van der Waals surface area contributed by atoms with E-state index in [4.69, 9.17) is 4.98 Å². The van der Waals surface area contributed by atoms with Gasteiger partial charge in [0.1, 0.15) is 5.65 Å². The van der Waals surface area contributed by atoms with Crippen LogP contribution in [0, 0.1) is 0 Å². The van der Waals surface area contributed by atoms with E-state index in [0.717, 1.165) is 38.7 Å². The highest BCUT2D eigenvalue weighted by Crippen LogP contribution is 2.36. The zero-order valence-corrected chi connectivity index (χ0v) is 17.8. The molecule has 33 heavy (non-hydrogen) atoms. The highest BCUT2D eigenvalue weighted by molar-refractivity contribution is 6.15. The van der Waals surface area contributed by atoms with Crippen molar-refractivity contribution in [2.45, 2.75) is 0 Å². The van der Waals surface area contributed by atoms with Gasteiger partial charge in [-0.25, -0.2) is 4.98 Å². The molecule has 0 fully saturated rings. The predicted molar refractivity (Wildman–Crippen MR) is 136 cm³/mol. The largest absolute Gasteiger partial charge is 0.292 e. The highest BCUT2D eigenvalue weighted by atomic mass is 15.0. The summed E-state index contributed by atoms with van der Waals surface area (Å²) in [5, 5.41) is 3.57. The molecule has 0 N–H and O–H groups in total. The van der Waals surface area contributed by atoms with E-state index in [-0.39, 0.29) is 0 Å². The van der Waals surface area contributed by atoms with Gasteiger partial charge in [0, 0.05) is 28.7 Å². The quantitative estimate of drug-likeness (QED) is 0.270. The third kappa shape index (κ3) is 2.76. The Labute approximate surface area is 190 Å². The van der Waals surface area contributed by atoms with E-state index >= 15 is 0 Å². The van der Waals surface area contributed by atoms with Gasteiger partial charge in [0.05, 0.1) is 16.6 Å². The highest BCUT2D eigenvalue weighted by Gasteiger charge is 2.15. The van der Waals surface area contributed by atoms with Crippen LogP contribution >= 0.6 is 0 Å². The van der Waals surface area contributed by atoms with E-state index in [0.29, 0.717) is 0 Å². The number of benzene rings is 4. The average Bonchev–Trinajstić information content (AvgIpc) is 3.29. The maximum Gasteiger partial charge on any atom is 0.146 e. The molecule has 3 heterocycles. The van der Waals surface area contributed by atoms with Gasteiger partial charge in [0.25, 0.3) is 0 Å². The summed E-state index contributed by atoms with van der Waals surface area (Å²) in [6.07, 6.45) is 3.73. The Morgan fingerprint density at radius 3 is 2.15 bits per heavy atom. The molecule has 0 aliphatic heterocycles. The van der Waals surface area contributed by atoms with Crippen molar-refractivity contribution in [3.05, 3.63) is 116 Å². The Balaban J connectivity index is 1.65. The van der Waals surface area contributed by atoms with Gasteiger partial charge in [0.2, 0.25) is 0 Å². The third-order valence-corrected chi connectivity index (χ3v) is 6.45. The maximum absolute atomic E-state index is 5.03. The van der Waals surface area contributed by atoms with Crippen LogP contribution in [0.3, 0.4) is 0 Å². The molecule has 0 amide bonds. The van der Waals surface area contributed by atoms with Gasteiger partial charge in [0.15, 0.2) is 0 Å². The van der Waals surface area contributed by atoms with Gasteiger partial charge < -0.3 is 0 Å². The van der Waals surface area contributed by atoms with Crippen LogP contribution in [0.4, 0.5) is 0 Å². The van der Waals surface area contributed by atoms with E-state index in [1.54, 1.807) is 0 Å². The molecule has 0 aliphatic carbocycles. The van der Waals surface area contributed by atoms with Crippen molar-refractivity contribution in [1.82, 2.24) is 14.4 Å². The minimum absolute atomic E-state index is 0.990. The zero-order valence-electron chi connectivity index (χ0n) is 17.8. The lowest BCUT2D eigenvalue weighted by Crippen LogP contribution is -1.93. The lowest BCUT2D eigenvalue weighted by molar-refractivity contribution is 1.31. The molecule has 3 heteroatoms. The number of hydrogen-bond acceptors (Lipinski definition) is 2. The molecule has 154 valence electrons. The molecule has 0 spiro atoms. The van der Waals surface area contributed by atoms with Gasteiger partial charge in [-0.05, 0) is 64.5 Å². The molecule has 0 saturated heterocycles. The number of pyridine rings is 2. The lowest BCUT2D eigenvalue weighted by Gasteiger charge is -2.12. The number of rotatable bonds is 2. The van der Waals surface area contributed by atoms with Crippen LogP contribution < -0.4 is 0 Å². The van der Waals surface area contributed by atoms with Gasteiger partial charge in [-0.1, -0.05) is 60.7 Å². The third-order valence-electron chi connectivity index (χ3n) is 6.45. The van der Waals surface area contributed by atoms with Gasteiger partial charge in [-0.15, -0.1) is 0 Å². The number of fused-ring (bicyclic) bond motifs is 8. The van der Waals surface area contributed by atoms with Crippen molar-refractivity contribution >= 4 is 38.4 Å². The van der Waals surface area contributed by atoms with Gasteiger partial charge in [-0.3, -0.25) is 9.38 Å². The normalized spacial score (nSPS) is 11.6. The standard InChI is InChI=1S/C30H19N3/c1-2-7-20(8-3-1)21-13-15-28-26(18-21)25-17-22(23-9-6-16-31-19-23)12-14-24(25)30-32-27-10-4-5-11-29(27)33(28)30/h1-19H. The average molecular weight is 422 g/mol. The summed E-state index contributed by atoms with van der Waals surface area (Å²) in [4.78, 5) is 9.35. The fourth-order valence-corrected chi connectivity index (χ4v) is 4.88. The molecule has 0 aliphatic rings. The fourth-order valence-electron chi connectivity index (χ4n) is 4.88. The van der Waals surface area contributed by atoms with Gasteiger partial charge >= 0.3 is 0 Å². The number of nitrogens with zero attached hydrogens (tertiary/aromatic N) is 3. The summed E-state index contributed by atoms with van der Waals surface area (Å²) < 4.78 is 2.30. The Bertz CT molecular complexity index is 1800. The summed E-state index contributed by atoms with van der Waals surface area (Å²) >= 11 is 0. The van der Waals surface area contributed by atoms with Crippen molar-refractivity contribution in [3.8, 4) is 22.3 Å². The van der Waals surface area contributed by atoms with Crippen LogP contribution in [-0.4, -0.2) is 14.4 Å².